The van der Waals surface area contributed by atoms with Gasteiger partial charge in [0.25, 0.3) is 0 Å². The lowest BCUT2D eigenvalue weighted by molar-refractivity contribution is 0.227. The van der Waals surface area contributed by atoms with E-state index in [2.05, 4.69) is 16.0 Å². The molecule has 0 bridgehead atoms. The average molecular weight is 314 g/mol. The van der Waals surface area contributed by atoms with E-state index in [1.165, 1.54) is 5.56 Å². The molecule has 1 aromatic carbocycles. The van der Waals surface area contributed by atoms with Gasteiger partial charge in [-0.3, -0.25) is 4.98 Å². The first-order valence-electron chi connectivity index (χ1n) is 7.18. The summed E-state index contributed by atoms with van der Waals surface area (Å²) in [5.74, 6) is 0.364. The Hall–Kier alpha value is -2.09. The molecule has 1 aliphatic rings. The van der Waals surface area contributed by atoms with E-state index >= 15 is 0 Å². The van der Waals surface area contributed by atoms with E-state index in [9.17, 15) is 10.4 Å². The third-order valence-corrected chi connectivity index (χ3v) is 4.48. The maximum atomic E-state index is 9.71. The number of halogens is 1. The van der Waals surface area contributed by atoms with Crippen molar-refractivity contribution in [3.05, 3.63) is 58.9 Å². The van der Waals surface area contributed by atoms with Crippen molar-refractivity contribution < 1.29 is 5.11 Å². The molecule has 22 heavy (non-hydrogen) atoms. The fourth-order valence-electron chi connectivity index (χ4n) is 3.09. The molecule has 1 saturated heterocycles. The molecule has 0 amide bonds. The van der Waals surface area contributed by atoms with Gasteiger partial charge in [0.05, 0.1) is 11.3 Å². The highest BCUT2D eigenvalue weighted by molar-refractivity contribution is 6.30. The van der Waals surface area contributed by atoms with Crippen LogP contribution >= 0.6 is 11.6 Å². The third kappa shape index (κ3) is 2.78. The lowest BCUT2D eigenvalue weighted by atomic mass is 9.90. The number of anilines is 1. The summed E-state index contributed by atoms with van der Waals surface area (Å²) in [5, 5.41) is 19.7. The van der Waals surface area contributed by atoms with Crippen molar-refractivity contribution in [3.8, 4) is 6.07 Å². The van der Waals surface area contributed by atoms with Gasteiger partial charge in [0.15, 0.2) is 0 Å². The molecular weight excluding hydrogens is 298 g/mol. The van der Waals surface area contributed by atoms with Crippen molar-refractivity contribution in [3.63, 3.8) is 0 Å². The van der Waals surface area contributed by atoms with Crippen molar-refractivity contribution in [2.75, 3.05) is 24.6 Å². The summed E-state index contributed by atoms with van der Waals surface area (Å²) < 4.78 is 0. The fourth-order valence-corrected chi connectivity index (χ4v) is 3.22. The number of aromatic nitrogens is 1. The molecule has 4 nitrogen and oxygen atoms in total. The summed E-state index contributed by atoms with van der Waals surface area (Å²) >= 11 is 5.95. The number of aliphatic hydroxyl groups excluding tert-OH is 1. The van der Waals surface area contributed by atoms with E-state index in [0.717, 1.165) is 18.8 Å². The Balaban J connectivity index is 1.89. The van der Waals surface area contributed by atoms with Crippen LogP contribution in [0.5, 0.6) is 0 Å². The number of benzene rings is 1. The highest BCUT2D eigenvalue weighted by atomic mass is 35.5. The van der Waals surface area contributed by atoms with Crippen LogP contribution in [-0.2, 0) is 0 Å². The maximum Gasteiger partial charge on any atom is 0.103 e. The molecule has 5 heteroatoms. The quantitative estimate of drug-likeness (QED) is 0.946. The lowest BCUT2D eigenvalue weighted by Crippen LogP contribution is -2.21. The highest BCUT2D eigenvalue weighted by Crippen LogP contribution is 2.36. The van der Waals surface area contributed by atoms with Crippen LogP contribution in [0.3, 0.4) is 0 Å². The summed E-state index contributed by atoms with van der Waals surface area (Å²) in [7, 11) is 0. The van der Waals surface area contributed by atoms with E-state index in [1.807, 2.05) is 30.3 Å². The first-order valence-corrected chi connectivity index (χ1v) is 7.56. The zero-order valence-corrected chi connectivity index (χ0v) is 12.7. The first kappa shape index (κ1) is 14.8. The van der Waals surface area contributed by atoms with Gasteiger partial charge in [0, 0.05) is 48.9 Å². The van der Waals surface area contributed by atoms with Crippen molar-refractivity contribution in [2.24, 2.45) is 5.92 Å². The minimum atomic E-state index is 0.122. The fraction of sp³-hybridized carbons (Fsp3) is 0.294. The number of nitriles is 1. The summed E-state index contributed by atoms with van der Waals surface area (Å²) in [4.78, 5) is 6.15. The Labute approximate surface area is 134 Å². The Morgan fingerprint density at radius 3 is 2.73 bits per heavy atom. The third-order valence-electron chi connectivity index (χ3n) is 4.23. The predicted molar refractivity (Wildman–Crippen MR) is 85.9 cm³/mol. The number of pyridine rings is 1. The molecule has 1 fully saturated rings. The number of nitrogens with zero attached hydrogens (tertiary/aromatic N) is 3. The van der Waals surface area contributed by atoms with Gasteiger partial charge in [-0.1, -0.05) is 23.7 Å². The summed E-state index contributed by atoms with van der Waals surface area (Å²) in [6, 6.07) is 11.8. The predicted octanol–water partition coefficient (Wildman–Crippen LogP) is 2.82. The number of hydrogen-bond donors (Lipinski definition) is 1. The number of hydrogen-bond acceptors (Lipinski definition) is 4. The molecule has 0 spiro atoms. The highest BCUT2D eigenvalue weighted by Gasteiger charge is 2.34. The SMILES string of the molecule is N#Cc1cnccc1N1C[C@@H](CO)[C@H](c2ccc(Cl)cc2)C1. The molecule has 2 heterocycles. The Morgan fingerprint density at radius 2 is 2.05 bits per heavy atom. The molecule has 3 rings (SSSR count). The summed E-state index contributed by atoms with van der Waals surface area (Å²) in [6.45, 7) is 1.62. The van der Waals surface area contributed by atoms with E-state index < -0.39 is 0 Å². The van der Waals surface area contributed by atoms with E-state index in [1.54, 1.807) is 12.4 Å². The van der Waals surface area contributed by atoms with Crippen LogP contribution in [-0.4, -0.2) is 29.8 Å². The second-order valence-electron chi connectivity index (χ2n) is 5.51. The minimum Gasteiger partial charge on any atom is -0.396 e. The number of aliphatic hydroxyl groups is 1. The topological polar surface area (TPSA) is 60.2 Å². The second-order valence-corrected chi connectivity index (χ2v) is 5.95. The van der Waals surface area contributed by atoms with Crippen LogP contribution in [0, 0.1) is 17.2 Å². The smallest absolute Gasteiger partial charge is 0.103 e. The van der Waals surface area contributed by atoms with Crippen LogP contribution < -0.4 is 4.90 Å². The Kier molecular flexibility index (Phi) is 4.28. The van der Waals surface area contributed by atoms with Gasteiger partial charge in [-0.05, 0) is 23.8 Å². The molecule has 0 saturated carbocycles. The molecule has 1 aliphatic heterocycles. The molecular formula is C17H16ClN3O. The van der Waals surface area contributed by atoms with E-state index in [4.69, 9.17) is 11.6 Å². The van der Waals surface area contributed by atoms with Crippen LogP contribution in [0.15, 0.2) is 42.7 Å². The van der Waals surface area contributed by atoms with Gasteiger partial charge in [-0.25, -0.2) is 0 Å². The average Bonchev–Trinajstić information content (AvgIpc) is 2.99. The largest absolute Gasteiger partial charge is 0.396 e. The molecule has 2 aromatic rings. The van der Waals surface area contributed by atoms with Crippen LogP contribution in [0.1, 0.15) is 17.0 Å². The second kappa shape index (κ2) is 6.35. The Morgan fingerprint density at radius 1 is 1.27 bits per heavy atom. The van der Waals surface area contributed by atoms with Crippen LogP contribution in [0.2, 0.25) is 5.02 Å². The zero-order chi connectivity index (χ0) is 15.5. The van der Waals surface area contributed by atoms with Gasteiger partial charge in [-0.15, -0.1) is 0 Å². The minimum absolute atomic E-state index is 0.122. The molecule has 0 radical (unpaired) electrons. The van der Waals surface area contributed by atoms with Crippen molar-refractivity contribution in [1.29, 1.82) is 5.26 Å². The van der Waals surface area contributed by atoms with Crippen molar-refractivity contribution >= 4 is 17.3 Å². The molecule has 0 aliphatic carbocycles. The van der Waals surface area contributed by atoms with Crippen LogP contribution in [0.4, 0.5) is 5.69 Å². The molecule has 1 aromatic heterocycles. The van der Waals surface area contributed by atoms with Gasteiger partial charge in [0.1, 0.15) is 6.07 Å². The van der Waals surface area contributed by atoms with Gasteiger partial charge in [0.2, 0.25) is 0 Å². The summed E-state index contributed by atoms with van der Waals surface area (Å²) in [5.41, 5.74) is 2.61. The van der Waals surface area contributed by atoms with Gasteiger partial charge < -0.3 is 10.0 Å². The van der Waals surface area contributed by atoms with E-state index in [0.29, 0.717) is 10.6 Å². The molecule has 0 unspecified atom stereocenters. The molecule has 112 valence electrons. The van der Waals surface area contributed by atoms with Crippen molar-refractivity contribution in [2.45, 2.75) is 5.92 Å². The van der Waals surface area contributed by atoms with Gasteiger partial charge >= 0.3 is 0 Å². The standard InChI is InChI=1S/C17H16ClN3O/c18-15-3-1-12(2-4-15)16-10-21(9-14(16)11-22)17-5-6-20-8-13(17)7-19/h1-6,8,14,16,22H,9-11H2/t14-,16-/m0/s1. The summed E-state index contributed by atoms with van der Waals surface area (Å²) in [6.07, 6.45) is 3.28. The molecule has 2 atom stereocenters. The van der Waals surface area contributed by atoms with E-state index in [-0.39, 0.29) is 18.4 Å². The number of rotatable bonds is 3. The van der Waals surface area contributed by atoms with Crippen molar-refractivity contribution in [1.82, 2.24) is 4.98 Å². The molecule has 1 N–H and O–H groups in total. The Bertz CT molecular complexity index is 696. The maximum absolute atomic E-state index is 9.71. The monoisotopic (exact) mass is 313 g/mol. The zero-order valence-electron chi connectivity index (χ0n) is 12.0. The lowest BCUT2D eigenvalue weighted by Gasteiger charge is -2.19. The van der Waals surface area contributed by atoms with Gasteiger partial charge in [-0.2, -0.15) is 5.26 Å². The normalized spacial score (nSPS) is 20.9. The van der Waals surface area contributed by atoms with Crippen LogP contribution in [0.25, 0.3) is 0 Å². The first-order chi connectivity index (χ1) is 10.7.